The standard InChI is InChI=1S/C20H14Cl2F3N3O3S/c21-14-7-4-8-16(18(14)22)27-19(29)26-15-10-9-12(20(23,24)25)11-17(15)28-32(30,31)13-5-2-1-3-6-13/h1-11,28H,(H2,26,27,29). The Morgan fingerprint density at radius 3 is 2.12 bits per heavy atom. The number of urea groups is 1. The summed E-state index contributed by atoms with van der Waals surface area (Å²) in [4.78, 5) is 12.2. The highest BCUT2D eigenvalue weighted by atomic mass is 35.5. The minimum atomic E-state index is -4.73. The van der Waals surface area contributed by atoms with Crippen LogP contribution >= 0.6 is 23.2 Å². The maximum atomic E-state index is 13.2. The van der Waals surface area contributed by atoms with Gasteiger partial charge in [-0.1, -0.05) is 47.5 Å². The average molecular weight is 504 g/mol. The fraction of sp³-hybridized carbons (Fsp3) is 0.0500. The second-order valence-corrected chi connectivity index (χ2v) is 8.82. The molecule has 0 heterocycles. The lowest BCUT2D eigenvalue weighted by Crippen LogP contribution is -2.22. The van der Waals surface area contributed by atoms with Gasteiger partial charge in [-0.05, 0) is 42.5 Å². The molecule has 0 aliphatic rings. The van der Waals surface area contributed by atoms with Gasteiger partial charge >= 0.3 is 12.2 Å². The van der Waals surface area contributed by atoms with Gasteiger partial charge in [-0.2, -0.15) is 13.2 Å². The maximum Gasteiger partial charge on any atom is 0.416 e. The van der Waals surface area contributed by atoms with Crippen molar-refractivity contribution in [3.63, 3.8) is 0 Å². The van der Waals surface area contributed by atoms with Crippen molar-refractivity contribution in [2.24, 2.45) is 0 Å². The highest BCUT2D eigenvalue weighted by Crippen LogP contribution is 2.35. The zero-order valence-electron chi connectivity index (χ0n) is 15.9. The largest absolute Gasteiger partial charge is 0.416 e. The summed E-state index contributed by atoms with van der Waals surface area (Å²) in [6, 6.07) is 12.9. The predicted octanol–water partition coefficient (Wildman–Crippen LogP) is 6.46. The van der Waals surface area contributed by atoms with Crippen LogP contribution in [0.2, 0.25) is 10.0 Å². The number of nitrogens with one attached hydrogen (secondary N) is 3. The Balaban J connectivity index is 1.93. The SMILES string of the molecule is O=C(Nc1ccc(C(F)(F)F)cc1NS(=O)(=O)c1ccccc1)Nc1cccc(Cl)c1Cl. The summed E-state index contributed by atoms with van der Waals surface area (Å²) in [5.41, 5.74) is -1.65. The second kappa shape index (κ2) is 9.27. The van der Waals surface area contributed by atoms with Crippen LogP contribution in [0.25, 0.3) is 0 Å². The van der Waals surface area contributed by atoms with E-state index in [1.54, 1.807) is 6.07 Å². The molecule has 168 valence electrons. The molecule has 32 heavy (non-hydrogen) atoms. The molecular formula is C20H14Cl2F3N3O3S. The Kier molecular flexibility index (Phi) is 6.87. The maximum absolute atomic E-state index is 13.2. The van der Waals surface area contributed by atoms with Crippen LogP contribution in [0.15, 0.2) is 71.6 Å². The zero-order valence-corrected chi connectivity index (χ0v) is 18.2. The lowest BCUT2D eigenvalue weighted by Gasteiger charge is -2.17. The average Bonchev–Trinajstić information content (AvgIpc) is 2.72. The monoisotopic (exact) mass is 503 g/mol. The first-order valence-electron chi connectivity index (χ1n) is 8.78. The van der Waals surface area contributed by atoms with Gasteiger partial charge in [0.05, 0.1) is 37.6 Å². The summed E-state index contributed by atoms with van der Waals surface area (Å²) < 4.78 is 66.9. The number of rotatable bonds is 5. The van der Waals surface area contributed by atoms with Gasteiger partial charge in [0, 0.05) is 0 Å². The van der Waals surface area contributed by atoms with Gasteiger partial charge in [-0.3, -0.25) is 4.72 Å². The zero-order chi connectivity index (χ0) is 23.5. The molecule has 0 bridgehead atoms. The molecule has 2 amide bonds. The van der Waals surface area contributed by atoms with Crippen LogP contribution in [-0.2, 0) is 16.2 Å². The van der Waals surface area contributed by atoms with Gasteiger partial charge in [0.2, 0.25) is 0 Å². The van der Waals surface area contributed by atoms with Gasteiger partial charge in [-0.25, -0.2) is 13.2 Å². The molecule has 6 nitrogen and oxygen atoms in total. The van der Waals surface area contributed by atoms with E-state index in [1.807, 2.05) is 0 Å². The molecule has 3 rings (SSSR count). The lowest BCUT2D eigenvalue weighted by atomic mass is 10.1. The van der Waals surface area contributed by atoms with E-state index in [4.69, 9.17) is 23.2 Å². The summed E-state index contributed by atoms with van der Waals surface area (Å²) in [5, 5.41) is 4.95. The first kappa shape index (κ1) is 23.7. The summed E-state index contributed by atoms with van der Waals surface area (Å²) in [6.07, 6.45) is -4.73. The molecule has 0 aliphatic carbocycles. The van der Waals surface area contributed by atoms with Crippen molar-refractivity contribution < 1.29 is 26.4 Å². The molecule has 0 fully saturated rings. The summed E-state index contributed by atoms with van der Waals surface area (Å²) in [6.45, 7) is 0. The number of carbonyl (C=O) groups excluding carboxylic acids is 1. The Hall–Kier alpha value is -2.95. The highest BCUT2D eigenvalue weighted by molar-refractivity contribution is 7.92. The summed E-state index contributed by atoms with van der Waals surface area (Å²) >= 11 is 11.9. The molecule has 3 N–H and O–H groups in total. The van der Waals surface area contributed by atoms with Crippen LogP contribution in [-0.4, -0.2) is 14.4 Å². The molecule has 0 saturated carbocycles. The van der Waals surface area contributed by atoms with Gasteiger partial charge < -0.3 is 10.6 Å². The van der Waals surface area contributed by atoms with Gasteiger partial charge in [0.25, 0.3) is 10.0 Å². The van der Waals surface area contributed by atoms with E-state index in [1.165, 1.54) is 42.5 Å². The van der Waals surface area contributed by atoms with Crippen LogP contribution in [0, 0.1) is 0 Å². The van der Waals surface area contributed by atoms with Crippen LogP contribution < -0.4 is 15.4 Å². The van der Waals surface area contributed by atoms with E-state index in [2.05, 4.69) is 15.4 Å². The second-order valence-electron chi connectivity index (χ2n) is 6.36. The third kappa shape index (κ3) is 5.64. The molecule has 0 aliphatic heterocycles. The fourth-order valence-electron chi connectivity index (χ4n) is 2.59. The number of benzene rings is 3. The predicted molar refractivity (Wildman–Crippen MR) is 118 cm³/mol. The Labute approximate surface area is 191 Å². The number of halogens is 5. The van der Waals surface area contributed by atoms with Gasteiger partial charge in [0.15, 0.2) is 0 Å². The number of carbonyl (C=O) groups is 1. The van der Waals surface area contributed by atoms with Crippen molar-refractivity contribution in [1.29, 1.82) is 0 Å². The highest BCUT2D eigenvalue weighted by Gasteiger charge is 2.32. The molecular weight excluding hydrogens is 490 g/mol. The smallest absolute Gasteiger partial charge is 0.306 e. The van der Waals surface area contributed by atoms with Crippen LogP contribution in [0.5, 0.6) is 0 Å². The van der Waals surface area contributed by atoms with E-state index in [-0.39, 0.29) is 26.3 Å². The number of alkyl halides is 3. The number of hydrogen-bond acceptors (Lipinski definition) is 3. The first-order chi connectivity index (χ1) is 15.0. The Morgan fingerprint density at radius 2 is 1.47 bits per heavy atom. The van der Waals surface area contributed by atoms with Crippen LogP contribution in [0.4, 0.5) is 35.0 Å². The van der Waals surface area contributed by atoms with Crippen molar-refractivity contribution >= 4 is 56.3 Å². The number of sulfonamides is 1. The minimum absolute atomic E-state index is 0.0572. The Bertz CT molecular complexity index is 1250. The third-order valence-electron chi connectivity index (χ3n) is 4.09. The molecule has 3 aromatic rings. The molecule has 12 heteroatoms. The van der Waals surface area contributed by atoms with Crippen molar-refractivity contribution in [3.8, 4) is 0 Å². The van der Waals surface area contributed by atoms with E-state index in [0.717, 1.165) is 6.07 Å². The number of amides is 2. The first-order valence-corrected chi connectivity index (χ1v) is 11.0. The molecule has 0 saturated heterocycles. The molecule has 3 aromatic carbocycles. The topological polar surface area (TPSA) is 87.3 Å². The molecule has 0 atom stereocenters. The summed E-state index contributed by atoms with van der Waals surface area (Å²) in [5.74, 6) is 0. The summed E-state index contributed by atoms with van der Waals surface area (Å²) in [7, 11) is -4.23. The van der Waals surface area contributed by atoms with Gasteiger partial charge in [-0.15, -0.1) is 0 Å². The third-order valence-corrected chi connectivity index (χ3v) is 6.29. The van der Waals surface area contributed by atoms with Crippen molar-refractivity contribution in [2.75, 3.05) is 15.4 Å². The Morgan fingerprint density at radius 1 is 0.812 bits per heavy atom. The van der Waals surface area contributed by atoms with Crippen molar-refractivity contribution in [2.45, 2.75) is 11.1 Å². The van der Waals surface area contributed by atoms with Crippen LogP contribution in [0.1, 0.15) is 5.56 Å². The molecule has 0 unspecified atom stereocenters. The van der Waals surface area contributed by atoms with E-state index >= 15 is 0 Å². The molecule has 0 spiro atoms. The fourth-order valence-corrected chi connectivity index (χ4v) is 4.03. The van der Waals surface area contributed by atoms with Crippen molar-refractivity contribution in [3.05, 3.63) is 82.3 Å². The normalized spacial score (nSPS) is 11.7. The van der Waals surface area contributed by atoms with E-state index < -0.39 is 33.5 Å². The van der Waals surface area contributed by atoms with Crippen molar-refractivity contribution in [1.82, 2.24) is 0 Å². The minimum Gasteiger partial charge on any atom is -0.306 e. The van der Waals surface area contributed by atoms with E-state index in [0.29, 0.717) is 12.1 Å². The van der Waals surface area contributed by atoms with Crippen LogP contribution in [0.3, 0.4) is 0 Å². The quantitative estimate of drug-likeness (QED) is 0.373. The van der Waals surface area contributed by atoms with E-state index in [9.17, 15) is 26.4 Å². The lowest BCUT2D eigenvalue weighted by molar-refractivity contribution is -0.137. The van der Waals surface area contributed by atoms with Gasteiger partial charge in [0.1, 0.15) is 0 Å². The molecule has 0 aromatic heterocycles. The number of anilines is 3. The molecule has 0 radical (unpaired) electrons. The number of hydrogen-bond donors (Lipinski definition) is 3.